The third kappa shape index (κ3) is 2.45. The van der Waals surface area contributed by atoms with E-state index in [9.17, 15) is 0 Å². The van der Waals surface area contributed by atoms with E-state index in [2.05, 4.69) is 17.1 Å². The molecule has 0 saturated heterocycles. The fourth-order valence-corrected chi connectivity index (χ4v) is 1.43. The van der Waals surface area contributed by atoms with Crippen LogP contribution in [-0.2, 0) is 0 Å². The average Bonchev–Trinajstić information content (AvgIpc) is 2.10. The Hall–Kier alpha value is -0.540. The van der Waals surface area contributed by atoms with Gasteiger partial charge in [-0.05, 0) is 6.42 Å². The molecular weight excluding hydrogens is 209 g/mol. The molecule has 3 nitrogen and oxygen atoms in total. The molecule has 0 atom stereocenters. The van der Waals surface area contributed by atoms with Gasteiger partial charge in [-0.15, -0.1) is 5.10 Å². The van der Waals surface area contributed by atoms with Gasteiger partial charge in [0.1, 0.15) is 5.02 Å². The van der Waals surface area contributed by atoms with Crippen LogP contribution in [0.15, 0.2) is 6.20 Å². The lowest BCUT2D eigenvalue weighted by Gasteiger charge is -2.18. The minimum Gasteiger partial charge on any atom is -0.372 e. The maximum Gasteiger partial charge on any atom is 0.172 e. The van der Waals surface area contributed by atoms with Crippen LogP contribution in [0.4, 0.5) is 5.69 Å². The molecule has 0 bridgehead atoms. The number of rotatable bonds is 3. The third-order valence-electron chi connectivity index (χ3n) is 1.70. The van der Waals surface area contributed by atoms with Crippen LogP contribution in [-0.4, -0.2) is 23.8 Å². The molecule has 0 aliphatic heterocycles. The normalized spacial score (nSPS) is 10.2. The number of anilines is 1. The van der Waals surface area contributed by atoms with Gasteiger partial charge in [0.25, 0.3) is 0 Å². The van der Waals surface area contributed by atoms with Gasteiger partial charge in [0.05, 0.1) is 11.9 Å². The second-order valence-corrected chi connectivity index (χ2v) is 3.49. The van der Waals surface area contributed by atoms with Crippen molar-refractivity contribution in [2.45, 2.75) is 13.3 Å². The highest BCUT2D eigenvalue weighted by atomic mass is 35.5. The molecule has 0 spiro atoms. The van der Waals surface area contributed by atoms with Crippen LogP contribution < -0.4 is 4.90 Å². The third-order valence-corrected chi connectivity index (χ3v) is 2.44. The van der Waals surface area contributed by atoms with Crippen molar-refractivity contribution in [1.82, 2.24) is 10.2 Å². The molecule has 1 aromatic heterocycles. The van der Waals surface area contributed by atoms with E-state index in [-0.39, 0.29) is 5.15 Å². The quantitative estimate of drug-likeness (QED) is 0.783. The Morgan fingerprint density at radius 1 is 1.46 bits per heavy atom. The zero-order chi connectivity index (χ0) is 9.84. The molecule has 0 fully saturated rings. The highest BCUT2D eigenvalue weighted by Gasteiger charge is 2.09. The Morgan fingerprint density at radius 2 is 2.15 bits per heavy atom. The largest absolute Gasteiger partial charge is 0.372 e. The molecule has 1 aromatic rings. The molecular formula is C8H11Cl2N3. The van der Waals surface area contributed by atoms with Gasteiger partial charge in [-0.3, -0.25) is 0 Å². The van der Waals surface area contributed by atoms with Gasteiger partial charge in [0, 0.05) is 13.6 Å². The van der Waals surface area contributed by atoms with Gasteiger partial charge in [-0.1, -0.05) is 30.1 Å². The minimum atomic E-state index is 0.252. The van der Waals surface area contributed by atoms with E-state index in [0.29, 0.717) is 5.02 Å². The number of halogens is 2. The molecule has 0 saturated carbocycles. The monoisotopic (exact) mass is 219 g/mol. The predicted molar refractivity (Wildman–Crippen MR) is 55.6 cm³/mol. The van der Waals surface area contributed by atoms with Crippen LogP contribution >= 0.6 is 23.2 Å². The summed E-state index contributed by atoms with van der Waals surface area (Å²) in [6.07, 6.45) is 2.66. The Balaban J connectivity index is 2.93. The molecule has 0 N–H and O–H groups in total. The summed E-state index contributed by atoms with van der Waals surface area (Å²) in [6, 6.07) is 0. The first-order chi connectivity index (χ1) is 6.16. The molecule has 13 heavy (non-hydrogen) atoms. The highest BCUT2D eigenvalue weighted by Crippen LogP contribution is 2.28. The lowest BCUT2D eigenvalue weighted by Crippen LogP contribution is -2.18. The maximum atomic E-state index is 5.95. The summed E-state index contributed by atoms with van der Waals surface area (Å²) in [6.45, 7) is 3.02. The fourth-order valence-electron chi connectivity index (χ4n) is 1.06. The summed E-state index contributed by atoms with van der Waals surface area (Å²) < 4.78 is 0. The molecule has 72 valence electrons. The first kappa shape index (κ1) is 10.5. The molecule has 0 aliphatic rings. The van der Waals surface area contributed by atoms with Gasteiger partial charge in [-0.2, -0.15) is 5.10 Å². The van der Waals surface area contributed by atoms with E-state index in [1.807, 2.05) is 11.9 Å². The van der Waals surface area contributed by atoms with Gasteiger partial charge in [0.2, 0.25) is 0 Å². The van der Waals surface area contributed by atoms with Crippen LogP contribution in [0.1, 0.15) is 13.3 Å². The summed E-state index contributed by atoms with van der Waals surface area (Å²) >= 11 is 11.7. The Morgan fingerprint density at radius 3 is 2.77 bits per heavy atom. The Bertz CT molecular complexity index is 291. The molecule has 0 aliphatic carbocycles. The van der Waals surface area contributed by atoms with E-state index in [4.69, 9.17) is 23.2 Å². The van der Waals surface area contributed by atoms with E-state index < -0.39 is 0 Å². The van der Waals surface area contributed by atoms with E-state index in [0.717, 1.165) is 18.7 Å². The van der Waals surface area contributed by atoms with Crippen molar-refractivity contribution in [1.29, 1.82) is 0 Å². The van der Waals surface area contributed by atoms with Crippen LogP contribution in [0.5, 0.6) is 0 Å². The van der Waals surface area contributed by atoms with Crippen molar-refractivity contribution in [2.24, 2.45) is 0 Å². The summed E-state index contributed by atoms with van der Waals surface area (Å²) in [5.41, 5.74) is 0.823. The summed E-state index contributed by atoms with van der Waals surface area (Å²) in [5.74, 6) is 0. The zero-order valence-corrected chi connectivity index (χ0v) is 9.10. The van der Waals surface area contributed by atoms with Crippen molar-refractivity contribution in [3.8, 4) is 0 Å². The predicted octanol–water partition coefficient (Wildman–Crippen LogP) is 2.63. The minimum absolute atomic E-state index is 0.252. The molecule has 0 radical (unpaired) electrons. The van der Waals surface area contributed by atoms with Gasteiger partial charge in [-0.25, -0.2) is 0 Å². The second kappa shape index (κ2) is 4.63. The lowest BCUT2D eigenvalue weighted by atomic mass is 10.4. The first-order valence-corrected chi connectivity index (χ1v) is 4.80. The summed E-state index contributed by atoms with van der Waals surface area (Å²) in [5, 5.41) is 8.10. The van der Waals surface area contributed by atoms with E-state index in [1.165, 1.54) is 0 Å². The van der Waals surface area contributed by atoms with E-state index in [1.54, 1.807) is 6.20 Å². The lowest BCUT2D eigenvalue weighted by molar-refractivity contribution is 0.844. The van der Waals surface area contributed by atoms with Crippen LogP contribution in [0.25, 0.3) is 0 Å². The van der Waals surface area contributed by atoms with Gasteiger partial charge >= 0.3 is 0 Å². The van der Waals surface area contributed by atoms with Crippen molar-refractivity contribution in [2.75, 3.05) is 18.5 Å². The van der Waals surface area contributed by atoms with E-state index >= 15 is 0 Å². The average molecular weight is 220 g/mol. The molecule has 0 amide bonds. The SMILES string of the molecule is CCCN(C)c1cnnc(Cl)c1Cl. The van der Waals surface area contributed by atoms with Crippen molar-refractivity contribution in [3.63, 3.8) is 0 Å². The van der Waals surface area contributed by atoms with Crippen LogP contribution in [0.3, 0.4) is 0 Å². The standard InChI is InChI=1S/C8H11Cl2N3/c1-3-4-13(2)6-5-11-12-8(10)7(6)9/h5H,3-4H2,1-2H3. The Kier molecular flexibility index (Phi) is 3.75. The molecule has 0 aromatic carbocycles. The fraction of sp³-hybridized carbons (Fsp3) is 0.500. The second-order valence-electron chi connectivity index (χ2n) is 2.76. The van der Waals surface area contributed by atoms with Crippen molar-refractivity contribution < 1.29 is 0 Å². The van der Waals surface area contributed by atoms with Gasteiger partial charge < -0.3 is 4.90 Å². The number of aromatic nitrogens is 2. The number of hydrogen-bond donors (Lipinski definition) is 0. The van der Waals surface area contributed by atoms with Crippen LogP contribution in [0, 0.1) is 0 Å². The topological polar surface area (TPSA) is 29.0 Å². The first-order valence-electron chi connectivity index (χ1n) is 4.04. The number of nitrogens with zero attached hydrogens (tertiary/aromatic N) is 3. The Labute approximate surface area is 87.7 Å². The van der Waals surface area contributed by atoms with Crippen molar-refractivity contribution >= 4 is 28.9 Å². The van der Waals surface area contributed by atoms with Crippen LogP contribution in [0.2, 0.25) is 10.2 Å². The number of hydrogen-bond acceptors (Lipinski definition) is 3. The molecule has 5 heteroatoms. The smallest absolute Gasteiger partial charge is 0.172 e. The van der Waals surface area contributed by atoms with Gasteiger partial charge in [0.15, 0.2) is 5.15 Å². The van der Waals surface area contributed by atoms with Crippen molar-refractivity contribution in [3.05, 3.63) is 16.4 Å². The maximum absolute atomic E-state index is 5.95. The highest BCUT2D eigenvalue weighted by molar-refractivity contribution is 6.42. The zero-order valence-electron chi connectivity index (χ0n) is 7.59. The molecule has 0 unspecified atom stereocenters. The molecule has 1 rings (SSSR count). The summed E-state index contributed by atoms with van der Waals surface area (Å²) in [7, 11) is 1.95. The molecule has 1 heterocycles. The summed E-state index contributed by atoms with van der Waals surface area (Å²) in [4.78, 5) is 2.00.